The molecule has 3 rings (SSSR count). The monoisotopic (exact) mass is 259 g/mol. The molecule has 1 aromatic rings. The Labute approximate surface area is 112 Å². The molecule has 1 amide bonds. The van der Waals surface area contributed by atoms with Crippen LogP contribution in [0.5, 0.6) is 0 Å². The molecular formula is C16H18FNO. The molecule has 0 aromatic heterocycles. The first-order valence-electron chi connectivity index (χ1n) is 6.95. The van der Waals surface area contributed by atoms with Crippen molar-refractivity contribution in [3.05, 3.63) is 41.7 Å². The summed E-state index contributed by atoms with van der Waals surface area (Å²) in [5, 5.41) is 3.09. The predicted octanol–water partition coefficient (Wildman–Crippen LogP) is 3.14. The van der Waals surface area contributed by atoms with Gasteiger partial charge in [0.05, 0.1) is 0 Å². The van der Waals surface area contributed by atoms with Gasteiger partial charge in [0.2, 0.25) is 5.91 Å². The van der Waals surface area contributed by atoms with Gasteiger partial charge in [0.15, 0.2) is 0 Å². The van der Waals surface area contributed by atoms with Crippen molar-refractivity contribution >= 4 is 12.0 Å². The maximum Gasteiger partial charge on any atom is 0.244 e. The quantitative estimate of drug-likeness (QED) is 0.830. The molecule has 0 spiro atoms. The molecule has 1 aromatic carbocycles. The van der Waals surface area contributed by atoms with Gasteiger partial charge in [-0.25, -0.2) is 4.39 Å². The number of amides is 1. The van der Waals surface area contributed by atoms with Crippen LogP contribution < -0.4 is 5.32 Å². The maximum absolute atomic E-state index is 12.7. The van der Waals surface area contributed by atoms with Crippen molar-refractivity contribution in [2.75, 3.05) is 0 Å². The molecule has 3 heteroatoms. The number of carbonyl (C=O) groups excluding carboxylic acids is 1. The SMILES string of the molecule is O=C(/C=C/c1ccc(F)cc1)N[C@@H]1C[C@H]2CC[C@@H]1C2. The van der Waals surface area contributed by atoms with Gasteiger partial charge in [-0.05, 0) is 54.9 Å². The highest BCUT2D eigenvalue weighted by Crippen LogP contribution is 2.44. The minimum Gasteiger partial charge on any atom is -0.350 e. The van der Waals surface area contributed by atoms with Crippen molar-refractivity contribution in [2.45, 2.75) is 31.7 Å². The summed E-state index contributed by atoms with van der Waals surface area (Å²) in [6.45, 7) is 0. The summed E-state index contributed by atoms with van der Waals surface area (Å²) in [6, 6.07) is 6.48. The van der Waals surface area contributed by atoms with E-state index in [0.29, 0.717) is 12.0 Å². The van der Waals surface area contributed by atoms with Crippen LogP contribution in [0.25, 0.3) is 6.08 Å². The predicted molar refractivity (Wildman–Crippen MR) is 72.8 cm³/mol. The molecule has 2 nitrogen and oxygen atoms in total. The zero-order valence-electron chi connectivity index (χ0n) is 10.8. The number of rotatable bonds is 3. The molecule has 2 bridgehead atoms. The first-order valence-corrected chi connectivity index (χ1v) is 6.95. The van der Waals surface area contributed by atoms with Crippen LogP contribution >= 0.6 is 0 Å². The summed E-state index contributed by atoms with van der Waals surface area (Å²) in [4.78, 5) is 11.8. The summed E-state index contributed by atoms with van der Waals surface area (Å²) in [5.74, 6) is 1.22. The van der Waals surface area contributed by atoms with Gasteiger partial charge < -0.3 is 5.32 Å². The number of carbonyl (C=O) groups is 1. The molecule has 2 fully saturated rings. The van der Waals surface area contributed by atoms with Gasteiger partial charge in [0.25, 0.3) is 0 Å². The largest absolute Gasteiger partial charge is 0.350 e. The third-order valence-electron chi connectivity index (χ3n) is 4.36. The molecule has 3 atom stereocenters. The summed E-state index contributed by atoms with van der Waals surface area (Å²) >= 11 is 0. The molecule has 19 heavy (non-hydrogen) atoms. The van der Waals surface area contributed by atoms with E-state index in [-0.39, 0.29) is 11.7 Å². The zero-order chi connectivity index (χ0) is 13.2. The van der Waals surface area contributed by atoms with Crippen LogP contribution in [0.2, 0.25) is 0 Å². The van der Waals surface area contributed by atoms with Gasteiger partial charge in [-0.2, -0.15) is 0 Å². The van der Waals surface area contributed by atoms with E-state index in [1.54, 1.807) is 24.3 Å². The second-order valence-corrected chi connectivity index (χ2v) is 5.67. The first-order chi connectivity index (χ1) is 9.20. The molecule has 1 N–H and O–H groups in total. The van der Waals surface area contributed by atoms with Crippen molar-refractivity contribution < 1.29 is 9.18 Å². The van der Waals surface area contributed by atoms with Crippen LogP contribution in [0.3, 0.4) is 0 Å². The van der Waals surface area contributed by atoms with Crippen LogP contribution in [0.4, 0.5) is 4.39 Å². The number of fused-ring (bicyclic) bond motifs is 2. The molecule has 0 aliphatic heterocycles. The molecule has 0 unspecified atom stereocenters. The summed E-state index contributed by atoms with van der Waals surface area (Å²) in [7, 11) is 0. The van der Waals surface area contributed by atoms with E-state index >= 15 is 0 Å². The highest BCUT2D eigenvalue weighted by molar-refractivity contribution is 5.91. The van der Waals surface area contributed by atoms with Crippen molar-refractivity contribution in [2.24, 2.45) is 11.8 Å². The maximum atomic E-state index is 12.7. The Kier molecular flexibility index (Phi) is 3.36. The van der Waals surface area contributed by atoms with E-state index in [0.717, 1.165) is 17.9 Å². The third kappa shape index (κ3) is 2.86. The number of halogens is 1. The molecule has 100 valence electrons. The van der Waals surface area contributed by atoms with Crippen LogP contribution in [-0.2, 0) is 4.79 Å². The fourth-order valence-corrected chi connectivity index (χ4v) is 3.40. The highest BCUT2D eigenvalue weighted by atomic mass is 19.1. The standard InChI is InChI=1S/C16H18FNO/c17-14-6-2-11(3-7-14)4-8-16(19)18-15-10-12-1-5-13(15)9-12/h2-4,6-8,12-13,15H,1,5,9-10H2,(H,18,19)/b8-4+/t12-,13+,15+/m0/s1. The molecular weight excluding hydrogens is 241 g/mol. The van der Waals surface area contributed by atoms with Crippen LogP contribution in [0.15, 0.2) is 30.3 Å². The van der Waals surface area contributed by atoms with E-state index in [1.165, 1.54) is 31.4 Å². The van der Waals surface area contributed by atoms with Crippen LogP contribution in [0.1, 0.15) is 31.2 Å². The average molecular weight is 259 g/mol. The number of hydrogen-bond acceptors (Lipinski definition) is 1. The Morgan fingerprint density at radius 2 is 2.00 bits per heavy atom. The van der Waals surface area contributed by atoms with Crippen molar-refractivity contribution in [3.63, 3.8) is 0 Å². The summed E-state index contributed by atoms with van der Waals surface area (Å²) in [5.41, 5.74) is 0.837. The highest BCUT2D eigenvalue weighted by Gasteiger charge is 2.39. The van der Waals surface area contributed by atoms with E-state index < -0.39 is 0 Å². The van der Waals surface area contributed by atoms with Gasteiger partial charge in [0.1, 0.15) is 5.82 Å². The average Bonchev–Trinajstić information content (AvgIpc) is 3.00. The van der Waals surface area contributed by atoms with Crippen LogP contribution in [0, 0.1) is 17.7 Å². The molecule has 0 saturated heterocycles. The fourth-order valence-electron chi connectivity index (χ4n) is 3.40. The number of nitrogens with one attached hydrogen (secondary N) is 1. The third-order valence-corrected chi connectivity index (χ3v) is 4.36. The smallest absolute Gasteiger partial charge is 0.244 e. The lowest BCUT2D eigenvalue weighted by Crippen LogP contribution is -2.37. The molecule has 0 heterocycles. The summed E-state index contributed by atoms with van der Waals surface area (Å²) < 4.78 is 12.7. The van der Waals surface area contributed by atoms with E-state index in [2.05, 4.69) is 5.32 Å². The number of benzene rings is 1. The molecule has 2 aliphatic rings. The lowest BCUT2D eigenvalue weighted by Gasteiger charge is -2.22. The molecule has 2 aliphatic carbocycles. The van der Waals surface area contributed by atoms with Crippen molar-refractivity contribution in [1.82, 2.24) is 5.32 Å². The van der Waals surface area contributed by atoms with Crippen molar-refractivity contribution in [1.29, 1.82) is 0 Å². The topological polar surface area (TPSA) is 29.1 Å². The molecule has 0 radical (unpaired) electrons. The lowest BCUT2D eigenvalue weighted by molar-refractivity contribution is -0.117. The zero-order valence-corrected chi connectivity index (χ0v) is 10.8. The molecule has 2 saturated carbocycles. The minimum atomic E-state index is -0.261. The second kappa shape index (κ2) is 5.16. The lowest BCUT2D eigenvalue weighted by atomic mass is 9.95. The Bertz CT molecular complexity index is 494. The van der Waals surface area contributed by atoms with Gasteiger partial charge in [0, 0.05) is 12.1 Å². The second-order valence-electron chi connectivity index (χ2n) is 5.67. The first kappa shape index (κ1) is 12.4. The Balaban J connectivity index is 1.55. The van der Waals surface area contributed by atoms with Gasteiger partial charge in [-0.3, -0.25) is 4.79 Å². The Morgan fingerprint density at radius 3 is 2.63 bits per heavy atom. The van der Waals surface area contributed by atoms with Gasteiger partial charge >= 0.3 is 0 Å². The minimum absolute atomic E-state index is 0.0399. The van der Waals surface area contributed by atoms with Crippen molar-refractivity contribution in [3.8, 4) is 0 Å². The van der Waals surface area contributed by atoms with Gasteiger partial charge in [-0.15, -0.1) is 0 Å². The number of hydrogen-bond donors (Lipinski definition) is 1. The van der Waals surface area contributed by atoms with E-state index in [4.69, 9.17) is 0 Å². The Morgan fingerprint density at radius 1 is 1.21 bits per heavy atom. The van der Waals surface area contributed by atoms with Crippen LogP contribution in [-0.4, -0.2) is 11.9 Å². The summed E-state index contributed by atoms with van der Waals surface area (Å²) in [6.07, 6.45) is 8.29. The van der Waals surface area contributed by atoms with Gasteiger partial charge in [-0.1, -0.05) is 18.6 Å². The Hall–Kier alpha value is -1.64. The fraction of sp³-hybridized carbons (Fsp3) is 0.438. The normalized spacial score (nSPS) is 29.0. The van der Waals surface area contributed by atoms with E-state index in [9.17, 15) is 9.18 Å². The van der Waals surface area contributed by atoms with E-state index in [1.807, 2.05) is 0 Å².